The molecular formula is C19H24N2O5S. The number of nitrogens with zero attached hydrogens (tertiary/aromatic N) is 1. The number of aromatic nitrogens is 1. The molecule has 0 unspecified atom stereocenters. The van der Waals surface area contributed by atoms with Crippen LogP contribution < -0.4 is 14.8 Å². The number of methoxy groups -OCH3 is 1. The van der Waals surface area contributed by atoms with E-state index in [0.717, 1.165) is 6.42 Å². The number of carbonyl (C=O) groups excluding carboxylic acids is 1. The molecule has 2 rings (SSSR count). The normalized spacial score (nSPS) is 10.7. The standard InChI is InChI=1S/C19H24N2O5S/c1-12(2)7-9-26-15-5-4-13(10-16(15)25-3)18(22)20-8-6-17-21-14(11-27-17)19(23)24/h4-5,10-12H,6-9H2,1-3H3,(H,20,22)(H,23,24). The average molecular weight is 392 g/mol. The van der Waals surface area contributed by atoms with Crippen molar-refractivity contribution in [2.45, 2.75) is 26.7 Å². The molecule has 0 saturated carbocycles. The second-order valence-electron chi connectivity index (χ2n) is 6.33. The highest BCUT2D eigenvalue weighted by Crippen LogP contribution is 2.28. The summed E-state index contributed by atoms with van der Waals surface area (Å²) < 4.78 is 11.0. The minimum atomic E-state index is -1.05. The van der Waals surface area contributed by atoms with Gasteiger partial charge in [-0.05, 0) is 30.5 Å². The molecule has 0 fully saturated rings. The van der Waals surface area contributed by atoms with Gasteiger partial charge in [-0.15, -0.1) is 11.3 Å². The maximum atomic E-state index is 12.3. The number of amides is 1. The number of carboxylic acids is 1. The van der Waals surface area contributed by atoms with E-state index in [1.807, 2.05) is 0 Å². The molecule has 1 aromatic carbocycles. The lowest BCUT2D eigenvalue weighted by Gasteiger charge is -2.13. The Labute approximate surface area is 162 Å². The second-order valence-corrected chi connectivity index (χ2v) is 7.28. The number of ether oxygens (including phenoxy) is 2. The predicted octanol–water partition coefficient (Wildman–Crippen LogP) is 3.25. The molecule has 0 aliphatic rings. The fourth-order valence-electron chi connectivity index (χ4n) is 2.24. The topological polar surface area (TPSA) is 97.8 Å². The van der Waals surface area contributed by atoms with Crippen molar-refractivity contribution in [1.82, 2.24) is 10.3 Å². The van der Waals surface area contributed by atoms with Crippen LogP contribution in [0.2, 0.25) is 0 Å². The Morgan fingerprint density at radius 3 is 2.70 bits per heavy atom. The highest BCUT2D eigenvalue weighted by molar-refractivity contribution is 7.09. The van der Waals surface area contributed by atoms with Gasteiger partial charge in [-0.25, -0.2) is 9.78 Å². The van der Waals surface area contributed by atoms with Gasteiger partial charge in [-0.2, -0.15) is 0 Å². The van der Waals surface area contributed by atoms with Gasteiger partial charge in [0.25, 0.3) is 5.91 Å². The van der Waals surface area contributed by atoms with Crippen LogP contribution in [0.15, 0.2) is 23.6 Å². The van der Waals surface area contributed by atoms with Crippen LogP contribution in [-0.2, 0) is 6.42 Å². The first-order chi connectivity index (χ1) is 12.9. The first-order valence-electron chi connectivity index (χ1n) is 8.67. The van der Waals surface area contributed by atoms with Gasteiger partial charge in [0, 0.05) is 23.9 Å². The van der Waals surface area contributed by atoms with Crippen molar-refractivity contribution < 1.29 is 24.2 Å². The van der Waals surface area contributed by atoms with Gasteiger partial charge in [-0.3, -0.25) is 4.79 Å². The third-order valence-corrected chi connectivity index (χ3v) is 4.68. The summed E-state index contributed by atoms with van der Waals surface area (Å²) in [4.78, 5) is 27.1. The monoisotopic (exact) mass is 392 g/mol. The van der Waals surface area contributed by atoms with Gasteiger partial charge in [0.1, 0.15) is 0 Å². The van der Waals surface area contributed by atoms with E-state index in [2.05, 4.69) is 24.1 Å². The number of rotatable bonds is 10. The number of carbonyl (C=O) groups is 2. The van der Waals surface area contributed by atoms with Crippen LogP contribution in [-0.4, -0.2) is 42.2 Å². The summed E-state index contributed by atoms with van der Waals surface area (Å²) in [5.74, 6) is 0.378. The molecule has 146 valence electrons. The average Bonchev–Trinajstić information content (AvgIpc) is 3.10. The van der Waals surface area contributed by atoms with Crippen LogP contribution in [0.5, 0.6) is 11.5 Å². The highest BCUT2D eigenvalue weighted by Gasteiger charge is 2.12. The predicted molar refractivity (Wildman–Crippen MR) is 103 cm³/mol. The summed E-state index contributed by atoms with van der Waals surface area (Å²) in [6.07, 6.45) is 1.41. The Morgan fingerprint density at radius 1 is 1.30 bits per heavy atom. The maximum Gasteiger partial charge on any atom is 0.355 e. The molecule has 8 heteroatoms. The van der Waals surface area contributed by atoms with Crippen molar-refractivity contribution in [3.63, 3.8) is 0 Å². The lowest BCUT2D eigenvalue weighted by molar-refractivity contribution is 0.0690. The number of aromatic carboxylic acids is 1. The van der Waals surface area contributed by atoms with Gasteiger partial charge >= 0.3 is 5.97 Å². The molecule has 0 aliphatic heterocycles. The summed E-state index contributed by atoms with van der Waals surface area (Å²) in [6.45, 7) is 5.20. The van der Waals surface area contributed by atoms with Crippen molar-refractivity contribution in [1.29, 1.82) is 0 Å². The van der Waals surface area contributed by atoms with E-state index < -0.39 is 5.97 Å². The van der Waals surface area contributed by atoms with Crippen LogP contribution in [0.25, 0.3) is 0 Å². The third-order valence-electron chi connectivity index (χ3n) is 3.77. The van der Waals surface area contributed by atoms with Crippen molar-refractivity contribution in [2.24, 2.45) is 5.92 Å². The molecule has 7 nitrogen and oxygen atoms in total. The van der Waals surface area contributed by atoms with Gasteiger partial charge in [-0.1, -0.05) is 13.8 Å². The molecule has 1 amide bonds. The molecule has 2 aromatic rings. The van der Waals surface area contributed by atoms with Gasteiger partial charge < -0.3 is 19.9 Å². The fraction of sp³-hybridized carbons (Fsp3) is 0.421. The lowest BCUT2D eigenvalue weighted by Crippen LogP contribution is -2.25. The van der Waals surface area contributed by atoms with Crippen molar-refractivity contribution in [3.05, 3.63) is 39.8 Å². The zero-order valence-electron chi connectivity index (χ0n) is 15.7. The molecule has 1 aromatic heterocycles. The zero-order chi connectivity index (χ0) is 19.8. The van der Waals surface area contributed by atoms with E-state index in [4.69, 9.17) is 14.6 Å². The Hall–Kier alpha value is -2.61. The summed E-state index contributed by atoms with van der Waals surface area (Å²) in [7, 11) is 1.54. The quantitative estimate of drug-likeness (QED) is 0.644. The SMILES string of the molecule is COc1cc(C(=O)NCCc2nc(C(=O)O)cs2)ccc1OCCC(C)C. The number of thiazole rings is 1. The molecule has 27 heavy (non-hydrogen) atoms. The van der Waals surface area contributed by atoms with E-state index in [9.17, 15) is 9.59 Å². The molecule has 2 N–H and O–H groups in total. The largest absolute Gasteiger partial charge is 0.493 e. The summed E-state index contributed by atoms with van der Waals surface area (Å²) in [5.41, 5.74) is 0.493. The van der Waals surface area contributed by atoms with Gasteiger partial charge in [0.2, 0.25) is 0 Å². The lowest BCUT2D eigenvalue weighted by atomic mass is 10.1. The number of carboxylic acid groups (broad SMARTS) is 1. The summed E-state index contributed by atoms with van der Waals surface area (Å²) in [6, 6.07) is 5.06. The van der Waals surface area contributed by atoms with Crippen molar-refractivity contribution in [3.8, 4) is 11.5 Å². The van der Waals surface area contributed by atoms with Gasteiger partial charge in [0.15, 0.2) is 17.2 Å². The zero-order valence-corrected chi connectivity index (χ0v) is 16.5. The second kappa shape index (κ2) is 9.91. The Balaban J connectivity index is 1.90. The third kappa shape index (κ3) is 6.25. The number of nitrogens with one attached hydrogen (secondary N) is 1. The van der Waals surface area contributed by atoms with Crippen LogP contribution in [0.1, 0.15) is 46.1 Å². The van der Waals surface area contributed by atoms with Crippen molar-refractivity contribution in [2.75, 3.05) is 20.3 Å². The fourth-order valence-corrected chi connectivity index (χ4v) is 3.01. The van der Waals surface area contributed by atoms with Crippen LogP contribution >= 0.6 is 11.3 Å². The molecule has 1 heterocycles. The molecule has 0 aliphatic carbocycles. The minimum Gasteiger partial charge on any atom is -0.493 e. The van der Waals surface area contributed by atoms with Crippen molar-refractivity contribution >= 4 is 23.2 Å². The molecule has 0 atom stereocenters. The summed E-state index contributed by atoms with van der Waals surface area (Å²) in [5, 5.41) is 13.8. The molecule has 0 saturated heterocycles. The molecular weight excluding hydrogens is 368 g/mol. The van der Waals surface area contributed by atoms with Crippen LogP contribution in [0.4, 0.5) is 0 Å². The number of hydrogen-bond acceptors (Lipinski definition) is 6. The van der Waals surface area contributed by atoms with E-state index in [1.165, 1.54) is 23.8 Å². The number of benzene rings is 1. The molecule has 0 bridgehead atoms. The summed E-state index contributed by atoms with van der Waals surface area (Å²) >= 11 is 1.26. The minimum absolute atomic E-state index is 0.0270. The Morgan fingerprint density at radius 2 is 2.07 bits per heavy atom. The highest BCUT2D eigenvalue weighted by atomic mass is 32.1. The Kier molecular flexibility index (Phi) is 7.60. The first kappa shape index (κ1) is 20.7. The van der Waals surface area contributed by atoms with E-state index >= 15 is 0 Å². The van der Waals surface area contributed by atoms with Gasteiger partial charge in [0.05, 0.1) is 18.7 Å². The van der Waals surface area contributed by atoms with E-state index in [1.54, 1.807) is 18.2 Å². The maximum absolute atomic E-state index is 12.3. The molecule has 0 spiro atoms. The molecule has 0 radical (unpaired) electrons. The number of hydrogen-bond donors (Lipinski definition) is 2. The van der Waals surface area contributed by atoms with E-state index in [-0.39, 0.29) is 11.6 Å². The Bertz CT molecular complexity index is 788. The smallest absolute Gasteiger partial charge is 0.355 e. The first-order valence-corrected chi connectivity index (χ1v) is 9.55. The van der Waals surface area contributed by atoms with E-state index in [0.29, 0.717) is 47.6 Å². The van der Waals surface area contributed by atoms with Crippen LogP contribution in [0, 0.1) is 5.92 Å². The van der Waals surface area contributed by atoms with Crippen LogP contribution in [0.3, 0.4) is 0 Å².